The first kappa shape index (κ1) is 17.3. The van der Waals surface area contributed by atoms with Gasteiger partial charge in [-0.15, -0.1) is 12.4 Å². The molecule has 1 fully saturated rings. The summed E-state index contributed by atoms with van der Waals surface area (Å²) in [6.07, 6.45) is 2.69. The van der Waals surface area contributed by atoms with Crippen LogP contribution in [0.4, 0.5) is 0 Å². The van der Waals surface area contributed by atoms with Gasteiger partial charge in [0.2, 0.25) is 5.43 Å². The third kappa shape index (κ3) is 2.96. The lowest BCUT2D eigenvalue weighted by Crippen LogP contribution is -2.44. The number of rotatable bonds is 3. The minimum atomic E-state index is -0.537. The van der Waals surface area contributed by atoms with Gasteiger partial charge < -0.3 is 10.3 Å². The monoisotopic (exact) mass is 359 g/mol. The molecule has 8 heteroatoms. The van der Waals surface area contributed by atoms with Crippen molar-refractivity contribution >= 4 is 12.4 Å². The molecule has 0 atom stereocenters. The van der Waals surface area contributed by atoms with E-state index in [0.29, 0.717) is 5.82 Å². The molecule has 0 bridgehead atoms. The van der Waals surface area contributed by atoms with Gasteiger partial charge >= 0.3 is 0 Å². The maximum absolute atomic E-state index is 12.3. The van der Waals surface area contributed by atoms with E-state index in [1.807, 2.05) is 37.3 Å². The lowest BCUT2D eigenvalue weighted by molar-refractivity contribution is 0.229. The summed E-state index contributed by atoms with van der Waals surface area (Å²) in [4.78, 5) is 16.7. The average Bonchev–Trinajstić information content (AvgIpc) is 3.03. The van der Waals surface area contributed by atoms with Crippen LogP contribution in [0.1, 0.15) is 30.8 Å². The molecule has 0 amide bonds. The van der Waals surface area contributed by atoms with Crippen molar-refractivity contribution < 1.29 is 4.52 Å². The van der Waals surface area contributed by atoms with Crippen LogP contribution >= 0.6 is 12.4 Å². The van der Waals surface area contributed by atoms with Crippen LogP contribution in [0.25, 0.3) is 17.3 Å². The predicted molar refractivity (Wildman–Crippen MR) is 94.8 cm³/mol. The van der Waals surface area contributed by atoms with E-state index >= 15 is 0 Å². The van der Waals surface area contributed by atoms with Gasteiger partial charge in [-0.05, 0) is 38.3 Å². The largest absolute Gasteiger partial charge is 0.332 e. The molecule has 1 aliphatic carbocycles. The maximum Gasteiger partial charge on any atom is 0.282 e. The summed E-state index contributed by atoms with van der Waals surface area (Å²) in [5.74, 6) is 0.549. The molecule has 130 valence electrons. The Hall–Kier alpha value is -2.51. The molecule has 0 aliphatic heterocycles. The van der Waals surface area contributed by atoms with Gasteiger partial charge in [0, 0.05) is 11.8 Å². The smallest absolute Gasteiger partial charge is 0.282 e. The first-order valence-corrected chi connectivity index (χ1v) is 7.87. The van der Waals surface area contributed by atoms with E-state index in [4.69, 9.17) is 10.3 Å². The van der Waals surface area contributed by atoms with Crippen LogP contribution in [-0.2, 0) is 5.54 Å². The highest BCUT2D eigenvalue weighted by Gasteiger charge is 2.39. The van der Waals surface area contributed by atoms with Crippen LogP contribution in [0.5, 0.6) is 0 Å². The van der Waals surface area contributed by atoms with Gasteiger partial charge in [0.25, 0.3) is 5.89 Å². The summed E-state index contributed by atoms with van der Waals surface area (Å²) in [7, 11) is 0. The Morgan fingerprint density at radius 1 is 1.24 bits per heavy atom. The van der Waals surface area contributed by atoms with Crippen LogP contribution in [0.3, 0.4) is 0 Å². The molecule has 0 radical (unpaired) electrons. The highest BCUT2D eigenvalue weighted by atomic mass is 35.5. The van der Waals surface area contributed by atoms with E-state index in [0.717, 1.165) is 30.6 Å². The van der Waals surface area contributed by atoms with Crippen molar-refractivity contribution in [3.8, 4) is 17.3 Å². The Bertz CT molecular complexity index is 947. The van der Waals surface area contributed by atoms with E-state index in [2.05, 4.69) is 15.2 Å². The lowest BCUT2D eigenvalue weighted by atomic mass is 9.77. The molecule has 1 aromatic carbocycles. The Kier molecular flexibility index (Phi) is 4.45. The average molecular weight is 360 g/mol. The van der Waals surface area contributed by atoms with E-state index in [1.165, 1.54) is 6.07 Å². The van der Waals surface area contributed by atoms with Crippen molar-refractivity contribution in [2.24, 2.45) is 5.73 Å². The van der Waals surface area contributed by atoms with Gasteiger partial charge in [0.1, 0.15) is 0 Å². The Balaban J connectivity index is 0.00000182. The fourth-order valence-electron chi connectivity index (χ4n) is 2.83. The number of hydrogen-bond acceptors (Lipinski definition) is 6. The third-order valence-corrected chi connectivity index (χ3v) is 4.43. The van der Waals surface area contributed by atoms with E-state index in [-0.39, 0.29) is 29.4 Å². The maximum atomic E-state index is 12.3. The van der Waals surface area contributed by atoms with Crippen molar-refractivity contribution in [2.45, 2.75) is 31.7 Å². The number of hydrogen-bond donors (Lipinski definition) is 1. The molecule has 25 heavy (non-hydrogen) atoms. The first-order valence-electron chi connectivity index (χ1n) is 7.87. The number of aromatic nitrogens is 4. The molecule has 3 aromatic rings. The highest BCUT2D eigenvalue weighted by Crippen LogP contribution is 2.37. The number of para-hydroxylation sites is 1. The minimum absolute atomic E-state index is 0. The predicted octanol–water partition coefficient (Wildman–Crippen LogP) is 2.35. The topological polar surface area (TPSA) is 99.8 Å². The van der Waals surface area contributed by atoms with Crippen LogP contribution in [0.15, 0.2) is 45.7 Å². The number of aryl methyl sites for hydroxylation is 1. The van der Waals surface area contributed by atoms with E-state index in [1.54, 1.807) is 4.68 Å². The second kappa shape index (κ2) is 6.42. The molecule has 4 rings (SSSR count). The quantitative estimate of drug-likeness (QED) is 0.770. The first-order chi connectivity index (χ1) is 11.6. The highest BCUT2D eigenvalue weighted by molar-refractivity contribution is 5.85. The van der Waals surface area contributed by atoms with Gasteiger partial charge in [-0.3, -0.25) is 4.79 Å². The van der Waals surface area contributed by atoms with Crippen molar-refractivity contribution in [2.75, 3.05) is 0 Å². The number of benzene rings is 1. The van der Waals surface area contributed by atoms with Gasteiger partial charge in [0.15, 0.2) is 11.5 Å². The molecular weight excluding hydrogens is 342 g/mol. The van der Waals surface area contributed by atoms with Crippen LogP contribution < -0.4 is 11.2 Å². The van der Waals surface area contributed by atoms with Crippen molar-refractivity contribution in [1.29, 1.82) is 0 Å². The van der Waals surface area contributed by atoms with Gasteiger partial charge in [-0.25, -0.2) is 4.68 Å². The van der Waals surface area contributed by atoms with Crippen LogP contribution in [0, 0.1) is 6.92 Å². The van der Waals surface area contributed by atoms with Crippen LogP contribution in [0.2, 0.25) is 0 Å². The standard InChI is InChI=1S/C17H17N5O2.ClH/c1-11-10-13(23)14(20-22(11)12-6-3-2-4-7-12)15-19-16(21-24-15)17(18)8-5-9-17;/h2-4,6-7,10H,5,8-9,18H2,1H3;1H. The SMILES string of the molecule is Cc1cc(=O)c(-c2nc(C3(N)CCC3)no2)nn1-c1ccccc1.Cl. The van der Waals surface area contributed by atoms with Crippen LogP contribution in [-0.4, -0.2) is 19.9 Å². The summed E-state index contributed by atoms with van der Waals surface area (Å²) in [6, 6.07) is 11.1. The molecule has 2 N–H and O–H groups in total. The zero-order chi connectivity index (χ0) is 16.7. The van der Waals surface area contributed by atoms with Gasteiger partial charge in [-0.2, -0.15) is 10.1 Å². The van der Waals surface area contributed by atoms with E-state index < -0.39 is 5.54 Å². The molecule has 7 nitrogen and oxygen atoms in total. The van der Waals surface area contributed by atoms with Crippen molar-refractivity contribution in [3.05, 3.63) is 58.1 Å². The zero-order valence-corrected chi connectivity index (χ0v) is 14.5. The second-order valence-corrected chi connectivity index (χ2v) is 6.18. The summed E-state index contributed by atoms with van der Waals surface area (Å²) >= 11 is 0. The normalized spacial score (nSPS) is 15.3. The fraction of sp³-hybridized carbons (Fsp3) is 0.294. The van der Waals surface area contributed by atoms with Crippen molar-refractivity contribution in [1.82, 2.24) is 19.9 Å². The molecule has 1 saturated carbocycles. The molecule has 0 saturated heterocycles. The second-order valence-electron chi connectivity index (χ2n) is 6.18. The molecule has 2 heterocycles. The lowest BCUT2D eigenvalue weighted by Gasteiger charge is -2.34. The van der Waals surface area contributed by atoms with Gasteiger partial charge in [0.05, 0.1) is 11.2 Å². The Labute approximate surface area is 150 Å². The molecule has 2 aromatic heterocycles. The summed E-state index contributed by atoms with van der Waals surface area (Å²) in [5, 5.41) is 8.37. The molecule has 0 unspecified atom stereocenters. The van der Waals surface area contributed by atoms with Gasteiger partial charge in [-0.1, -0.05) is 23.4 Å². The number of nitrogens with two attached hydrogens (primary N) is 1. The summed E-state index contributed by atoms with van der Waals surface area (Å²) in [5.41, 5.74) is 7.13. The molecular formula is C17H18ClN5O2. The zero-order valence-electron chi connectivity index (χ0n) is 13.7. The van der Waals surface area contributed by atoms with Crippen molar-refractivity contribution in [3.63, 3.8) is 0 Å². The minimum Gasteiger partial charge on any atom is -0.332 e. The van der Waals surface area contributed by atoms with E-state index in [9.17, 15) is 4.79 Å². The molecule has 0 spiro atoms. The third-order valence-electron chi connectivity index (χ3n) is 4.43. The Morgan fingerprint density at radius 2 is 1.96 bits per heavy atom. The fourth-order valence-corrected chi connectivity index (χ4v) is 2.83. The molecule has 1 aliphatic rings. The number of halogens is 1. The number of nitrogens with zero attached hydrogens (tertiary/aromatic N) is 4. The summed E-state index contributed by atoms with van der Waals surface area (Å²) in [6.45, 7) is 1.83. The Morgan fingerprint density at radius 3 is 2.60 bits per heavy atom. The summed E-state index contributed by atoms with van der Waals surface area (Å²) < 4.78 is 6.95.